The van der Waals surface area contributed by atoms with Crippen LogP contribution >= 0.6 is 0 Å². The van der Waals surface area contributed by atoms with Gasteiger partial charge >= 0.3 is 0 Å². The normalized spacial score (nSPS) is 9.80. The van der Waals surface area contributed by atoms with Crippen molar-refractivity contribution >= 4 is 0 Å². The van der Waals surface area contributed by atoms with Crippen molar-refractivity contribution in [2.75, 3.05) is 0 Å². The minimum atomic E-state index is -0.132. The number of hydrogen-bond donors (Lipinski definition) is 2. The van der Waals surface area contributed by atoms with Gasteiger partial charge in [-0.2, -0.15) is 0 Å². The first kappa shape index (κ1) is 7.02. The van der Waals surface area contributed by atoms with Gasteiger partial charge in [-0.05, 0) is 6.92 Å². The van der Waals surface area contributed by atoms with Crippen molar-refractivity contribution in [1.82, 2.24) is 4.98 Å². The number of rotatable bonds is 1. The van der Waals surface area contributed by atoms with E-state index in [1.807, 2.05) is 0 Å². The molecule has 0 saturated heterocycles. The third-order valence-corrected chi connectivity index (χ3v) is 1.25. The molecule has 0 saturated carbocycles. The molecule has 0 amide bonds. The van der Waals surface area contributed by atoms with Crippen molar-refractivity contribution in [3.05, 3.63) is 23.5 Å². The third kappa shape index (κ3) is 1.25. The van der Waals surface area contributed by atoms with Gasteiger partial charge in [0.05, 0.1) is 12.8 Å². The van der Waals surface area contributed by atoms with Crippen molar-refractivity contribution in [2.24, 2.45) is 0 Å². The van der Waals surface area contributed by atoms with Gasteiger partial charge in [0.2, 0.25) is 0 Å². The molecule has 10 heavy (non-hydrogen) atoms. The van der Waals surface area contributed by atoms with Crippen LogP contribution in [0.25, 0.3) is 0 Å². The van der Waals surface area contributed by atoms with Gasteiger partial charge in [0.15, 0.2) is 0 Å². The summed E-state index contributed by atoms with van der Waals surface area (Å²) in [6, 6.07) is 2.57. The van der Waals surface area contributed by atoms with Gasteiger partial charge in [-0.1, -0.05) is 0 Å². The Morgan fingerprint density at radius 3 is 2.90 bits per heavy atom. The Balaban J connectivity index is 3.09. The van der Waals surface area contributed by atoms with Crippen LogP contribution in [0.5, 0.6) is 5.75 Å². The molecule has 0 unspecified atom stereocenters. The first-order chi connectivity index (χ1) is 4.74. The second kappa shape index (κ2) is 2.66. The second-order valence-electron chi connectivity index (χ2n) is 1.99. The molecule has 53 valence electrons. The number of pyridine rings is 1. The van der Waals surface area contributed by atoms with Crippen LogP contribution in [-0.2, 0) is 6.61 Å². The molecule has 0 fully saturated rings. The Morgan fingerprint density at radius 2 is 2.40 bits per heavy atom. The maximum absolute atomic E-state index is 8.84. The lowest BCUT2D eigenvalue weighted by Crippen LogP contribution is -1.91. The molecule has 3 heteroatoms. The van der Waals surface area contributed by atoms with E-state index in [9.17, 15) is 0 Å². The van der Waals surface area contributed by atoms with Gasteiger partial charge < -0.3 is 10.2 Å². The van der Waals surface area contributed by atoms with E-state index >= 15 is 0 Å². The highest BCUT2D eigenvalue weighted by Gasteiger charge is 1.98. The molecule has 3 nitrogen and oxygen atoms in total. The monoisotopic (exact) mass is 138 g/mol. The lowest BCUT2D eigenvalue weighted by Gasteiger charge is -1.98. The van der Waals surface area contributed by atoms with Crippen molar-refractivity contribution in [1.29, 1.82) is 0 Å². The van der Waals surface area contributed by atoms with E-state index in [4.69, 9.17) is 10.2 Å². The molecule has 0 spiro atoms. The zero-order valence-corrected chi connectivity index (χ0v) is 5.63. The number of aliphatic hydroxyl groups excluding tert-OH is 1. The molecule has 2 N–H and O–H groups in total. The van der Waals surface area contributed by atoms with Gasteiger partial charge in [0.1, 0.15) is 5.75 Å². The topological polar surface area (TPSA) is 53.4 Å². The van der Waals surface area contributed by atoms with E-state index in [1.165, 1.54) is 6.20 Å². The van der Waals surface area contributed by atoms with Crippen LogP contribution in [0.15, 0.2) is 6.20 Å². The molecule has 0 bridgehead atoms. The Kier molecular flexibility index (Phi) is 1.87. The van der Waals surface area contributed by atoms with E-state index in [1.54, 1.807) is 6.92 Å². The van der Waals surface area contributed by atoms with E-state index in [-0.39, 0.29) is 12.4 Å². The summed E-state index contributed by atoms with van der Waals surface area (Å²) in [5.41, 5.74) is 1.24. The summed E-state index contributed by atoms with van der Waals surface area (Å²) in [5.74, 6) is -0.0327. The summed E-state index contributed by atoms with van der Waals surface area (Å²) >= 11 is 0. The average Bonchev–Trinajstić information content (AvgIpc) is 1.94. The van der Waals surface area contributed by atoms with Crippen LogP contribution < -0.4 is 0 Å². The molecule has 0 aliphatic rings. The average molecular weight is 138 g/mol. The zero-order valence-electron chi connectivity index (χ0n) is 5.63. The number of hydrogen-bond acceptors (Lipinski definition) is 3. The first-order valence-electron chi connectivity index (χ1n) is 2.91. The van der Waals surface area contributed by atoms with E-state index < -0.39 is 0 Å². The molecule has 0 atom stereocenters. The molecule has 0 aliphatic carbocycles. The highest BCUT2D eigenvalue weighted by atomic mass is 16.3. The smallest absolute Gasteiger partial charge is 0.142 e. The Morgan fingerprint density at radius 1 is 1.70 bits per heavy atom. The van der Waals surface area contributed by atoms with Crippen LogP contribution in [-0.4, -0.2) is 15.2 Å². The predicted octanol–water partition coefficient (Wildman–Crippen LogP) is 0.388. The summed E-state index contributed by atoms with van der Waals surface area (Å²) in [6.45, 7) is 1.62. The van der Waals surface area contributed by atoms with Crippen LogP contribution in [0, 0.1) is 13.0 Å². The number of aromatic nitrogens is 1. The Labute approximate surface area is 59.0 Å². The highest BCUT2D eigenvalue weighted by Crippen LogP contribution is 2.10. The van der Waals surface area contributed by atoms with E-state index in [0.717, 1.165) is 0 Å². The third-order valence-electron chi connectivity index (χ3n) is 1.25. The summed E-state index contributed by atoms with van der Waals surface area (Å²) < 4.78 is 0. The molecular formula is C7H8NO2. The van der Waals surface area contributed by atoms with Crippen molar-refractivity contribution < 1.29 is 10.2 Å². The van der Waals surface area contributed by atoms with Crippen LogP contribution in [0.4, 0.5) is 0 Å². The molecule has 1 aromatic rings. The standard InChI is InChI=1S/C7H8NO2/c1-5-6(4-9)2-7(10)3-8-5/h3,9-10H,4H2,1H3. The quantitative estimate of drug-likeness (QED) is 0.590. The minimum Gasteiger partial charge on any atom is -0.506 e. The fourth-order valence-corrected chi connectivity index (χ4v) is 0.667. The SMILES string of the molecule is Cc1ncc(O)[c]c1CO. The lowest BCUT2D eigenvalue weighted by molar-refractivity contribution is 0.279. The minimum absolute atomic E-state index is 0.0327. The van der Waals surface area contributed by atoms with E-state index in [2.05, 4.69) is 11.1 Å². The van der Waals surface area contributed by atoms with Gasteiger partial charge in [0, 0.05) is 17.3 Å². The van der Waals surface area contributed by atoms with Gasteiger partial charge in [0.25, 0.3) is 0 Å². The summed E-state index contributed by atoms with van der Waals surface area (Å²) in [6.07, 6.45) is 1.30. The van der Waals surface area contributed by atoms with Gasteiger partial charge in [-0.25, -0.2) is 0 Å². The Hall–Kier alpha value is -1.09. The van der Waals surface area contributed by atoms with E-state index in [0.29, 0.717) is 11.3 Å². The van der Waals surface area contributed by atoms with Crippen molar-refractivity contribution in [3.63, 3.8) is 0 Å². The predicted molar refractivity (Wildman–Crippen MR) is 35.4 cm³/mol. The van der Waals surface area contributed by atoms with Crippen LogP contribution in [0.2, 0.25) is 0 Å². The van der Waals surface area contributed by atoms with Crippen molar-refractivity contribution in [3.8, 4) is 5.75 Å². The molecular weight excluding hydrogens is 130 g/mol. The number of aryl methyl sites for hydroxylation is 1. The van der Waals surface area contributed by atoms with Crippen molar-refractivity contribution in [2.45, 2.75) is 13.5 Å². The Bertz CT molecular complexity index is 235. The molecule has 1 radical (unpaired) electrons. The maximum atomic E-state index is 8.84. The molecule has 1 aromatic heterocycles. The number of aromatic hydroxyl groups is 1. The van der Waals surface area contributed by atoms with Crippen LogP contribution in [0.3, 0.4) is 0 Å². The zero-order chi connectivity index (χ0) is 7.56. The van der Waals surface area contributed by atoms with Gasteiger partial charge in [-0.3, -0.25) is 4.98 Å². The summed E-state index contributed by atoms with van der Waals surface area (Å²) in [4.78, 5) is 3.81. The molecule has 0 aromatic carbocycles. The van der Waals surface area contributed by atoms with Gasteiger partial charge in [-0.15, -0.1) is 0 Å². The first-order valence-corrected chi connectivity index (χ1v) is 2.91. The maximum Gasteiger partial charge on any atom is 0.142 e. The summed E-state index contributed by atoms with van der Waals surface area (Å²) in [5, 5.41) is 17.5. The highest BCUT2D eigenvalue weighted by molar-refractivity contribution is 5.24. The fraction of sp³-hybridized carbons (Fsp3) is 0.286. The van der Waals surface area contributed by atoms with Crippen LogP contribution in [0.1, 0.15) is 11.3 Å². The number of aliphatic hydroxyl groups is 1. The summed E-state index contributed by atoms with van der Waals surface area (Å²) in [7, 11) is 0. The largest absolute Gasteiger partial charge is 0.506 e. The fourth-order valence-electron chi connectivity index (χ4n) is 0.667. The molecule has 0 aliphatic heterocycles. The molecule has 1 rings (SSSR count). The second-order valence-corrected chi connectivity index (χ2v) is 1.99. The lowest BCUT2D eigenvalue weighted by atomic mass is 10.2. The molecule has 1 heterocycles. The number of nitrogens with zero attached hydrogens (tertiary/aromatic N) is 1.